The van der Waals surface area contributed by atoms with Crippen LogP contribution in [0.1, 0.15) is 12.5 Å². The molecule has 0 fully saturated rings. The van der Waals surface area contributed by atoms with E-state index in [0.29, 0.717) is 11.4 Å². The molecule has 5 heteroatoms. The minimum absolute atomic E-state index is 0.00255. The molecule has 2 rings (SSSR count). The second kappa shape index (κ2) is 6.96. The number of benzene rings is 1. The Labute approximate surface area is 122 Å². The van der Waals surface area contributed by atoms with Crippen LogP contribution in [0.15, 0.2) is 41.1 Å². The van der Waals surface area contributed by atoms with E-state index in [-0.39, 0.29) is 18.6 Å². The summed E-state index contributed by atoms with van der Waals surface area (Å²) >= 11 is 1.66. The molecule has 1 aromatic carbocycles. The van der Waals surface area contributed by atoms with Gasteiger partial charge in [0.2, 0.25) is 0 Å². The summed E-state index contributed by atoms with van der Waals surface area (Å²) in [5, 5.41) is 7.04. The molecule has 1 heterocycles. The Morgan fingerprint density at radius 2 is 2.30 bits per heavy atom. The predicted molar refractivity (Wildman–Crippen MR) is 82.0 cm³/mol. The van der Waals surface area contributed by atoms with E-state index in [2.05, 4.69) is 16.8 Å². The van der Waals surface area contributed by atoms with Crippen molar-refractivity contribution in [3.05, 3.63) is 46.7 Å². The van der Waals surface area contributed by atoms with E-state index in [1.54, 1.807) is 35.6 Å². The largest absolute Gasteiger partial charge is 0.484 e. The lowest BCUT2D eigenvalue weighted by atomic mass is 10.1. The van der Waals surface area contributed by atoms with Crippen molar-refractivity contribution in [3.8, 4) is 5.75 Å². The third-order valence-corrected chi connectivity index (χ3v) is 3.49. The lowest BCUT2D eigenvalue weighted by Crippen LogP contribution is -2.37. The van der Waals surface area contributed by atoms with Crippen molar-refractivity contribution in [3.63, 3.8) is 0 Å². The number of anilines is 1. The van der Waals surface area contributed by atoms with Crippen LogP contribution in [0.2, 0.25) is 0 Å². The first kappa shape index (κ1) is 14.4. The summed E-state index contributed by atoms with van der Waals surface area (Å²) in [6, 6.07) is 9.19. The number of carbonyl (C=O) groups excluding carboxylic acids is 1. The highest BCUT2D eigenvalue weighted by Gasteiger charge is 2.09. The van der Waals surface area contributed by atoms with Crippen molar-refractivity contribution in [2.24, 2.45) is 0 Å². The van der Waals surface area contributed by atoms with Gasteiger partial charge in [0.25, 0.3) is 5.91 Å². The van der Waals surface area contributed by atoms with Crippen LogP contribution in [0.25, 0.3) is 0 Å². The highest BCUT2D eigenvalue weighted by atomic mass is 32.1. The standard InChI is InChI=1S/C15H18N2O2S/c1-11(7-12-5-6-20-10-12)17-15(18)9-19-14-4-2-3-13(16)8-14/h2-6,8,10-11H,7,9,16H2,1H3,(H,17,18). The van der Waals surface area contributed by atoms with E-state index in [4.69, 9.17) is 10.5 Å². The molecule has 0 spiro atoms. The van der Waals surface area contributed by atoms with Crippen LogP contribution in [-0.4, -0.2) is 18.6 Å². The molecule has 0 aliphatic carbocycles. The number of nitrogen functional groups attached to an aromatic ring is 1. The van der Waals surface area contributed by atoms with Gasteiger partial charge in [-0.1, -0.05) is 6.07 Å². The Kier molecular flexibility index (Phi) is 5.01. The molecule has 106 valence electrons. The zero-order valence-corrected chi connectivity index (χ0v) is 12.2. The Hall–Kier alpha value is -2.01. The maximum absolute atomic E-state index is 11.8. The minimum Gasteiger partial charge on any atom is -0.484 e. The molecule has 1 amide bonds. The molecule has 1 unspecified atom stereocenters. The first-order chi connectivity index (χ1) is 9.63. The average Bonchev–Trinajstić information content (AvgIpc) is 2.89. The number of amides is 1. The number of thiophene rings is 1. The molecule has 0 radical (unpaired) electrons. The molecule has 0 saturated heterocycles. The monoisotopic (exact) mass is 290 g/mol. The summed E-state index contributed by atoms with van der Waals surface area (Å²) < 4.78 is 5.39. The SMILES string of the molecule is CC(Cc1ccsc1)NC(=O)COc1cccc(N)c1. The summed E-state index contributed by atoms with van der Waals surface area (Å²) in [7, 11) is 0. The van der Waals surface area contributed by atoms with E-state index >= 15 is 0 Å². The first-order valence-electron chi connectivity index (χ1n) is 6.42. The van der Waals surface area contributed by atoms with Crippen molar-refractivity contribution < 1.29 is 9.53 Å². The van der Waals surface area contributed by atoms with E-state index in [1.807, 2.05) is 12.3 Å². The summed E-state index contributed by atoms with van der Waals surface area (Å²) in [4.78, 5) is 11.8. The third-order valence-electron chi connectivity index (χ3n) is 2.76. The fourth-order valence-electron chi connectivity index (χ4n) is 1.88. The first-order valence-corrected chi connectivity index (χ1v) is 7.36. The van der Waals surface area contributed by atoms with Gasteiger partial charge in [0.05, 0.1) is 0 Å². The van der Waals surface area contributed by atoms with Crippen molar-refractivity contribution in [2.45, 2.75) is 19.4 Å². The average molecular weight is 290 g/mol. The Morgan fingerprint density at radius 1 is 1.45 bits per heavy atom. The smallest absolute Gasteiger partial charge is 0.258 e. The molecule has 20 heavy (non-hydrogen) atoms. The van der Waals surface area contributed by atoms with Crippen LogP contribution in [0, 0.1) is 0 Å². The van der Waals surface area contributed by atoms with E-state index in [9.17, 15) is 4.79 Å². The van der Waals surface area contributed by atoms with Crippen LogP contribution in [-0.2, 0) is 11.2 Å². The summed E-state index contributed by atoms with van der Waals surface area (Å²) in [5.41, 5.74) is 7.50. The fourth-order valence-corrected chi connectivity index (χ4v) is 2.56. The van der Waals surface area contributed by atoms with Crippen LogP contribution in [0.4, 0.5) is 5.69 Å². The van der Waals surface area contributed by atoms with Gasteiger partial charge in [0.15, 0.2) is 6.61 Å². The molecule has 0 aliphatic heterocycles. The molecular weight excluding hydrogens is 272 g/mol. The summed E-state index contributed by atoms with van der Waals surface area (Å²) in [6.45, 7) is 1.98. The van der Waals surface area contributed by atoms with Crippen LogP contribution < -0.4 is 15.8 Å². The number of hydrogen-bond donors (Lipinski definition) is 2. The van der Waals surface area contributed by atoms with Gasteiger partial charge in [0, 0.05) is 17.8 Å². The zero-order chi connectivity index (χ0) is 14.4. The van der Waals surface area contributed by atoms with Gasteiger partial charge in [-0.25, -0.2) is 0 Å². The second-order valence-electron chi connectivity index (χ2n) is 4.67. The van der Waals surface area contributed by atoms with Gasteiger partial charge in [-0.3, -0.25) is 4.79 Å². The van der Waals surface area contributed by atoms with Crippen molar-refractivity contribution >= 4 is 22.9 Å². The molecule has 1 aromatic heterocycles. The predicted octanol–water partition coefficient (Wildman–Crippen LogP) is 2.46. The Balaban J connectivity index is 1.75. The summed E-state index contributed by atoms with van der Waals surface area (Å²) in [5.74, 6) is 0.473. The molecule has 2 aromatic rings. The number of ether oxygens (including phenoxy) is 1. The lowest BCUT2D eigenvalue weighted by Gasteiger charge is -2.13. The van der Waals surface area contributed by atoms with Crippen LogP contribution >= 0.6 is 11.3 Å². The molecule has 0 bridgehead atoms. The van der Waals surface area contributed by atoms with E-state index in [1.165, 1.54) is 5.56 Å². The normalized spacial score (nSPS) is 11.8. The number of nitrogens with two attached hydrogens (primary N) is 1. The topological polar surface area (TPSA) is 64.3 Å². The molecule has 0 saturated carbocycles. The van der Waals surface area contributed by atoms with E-state index in [0.717, 1.165) is 6.42 Å². The highest BCUT2D eigenvalue weighted by molar-refractivity contribution is 7.07. The van der Waals surface area contributed by atoms with Crippen molar-refractivity contribution in [1.29, 1.82) is 0 Å². The second-order valence-corrected chi connectivity index (χ2v) is 5.45. The van der Waals surface area contributed by atoms with Crippen LogP contribution in [0.5, 0.6) is 5.75 Å². The lowest BCUT2D eigenvalue weighted by molar-refractivity contribution is -0.123. The Bertz CT molecular complexity index is 555. The number of hydrogen-bond acceptors (Lipinski definition) is 4. The van der Waals surface area contributed by atoms with Gasteiger partial charge in [0.1, 0.15) is 5.75 Å². The minimum atomic E-state index is -0.129. The third kappa shape index (κ3) is 4.59. The molecule has 4 nitrogen and oxygen atoms in total. The quantitative estimate of drug-likeness (QED) is 0.803. The number of carbonyl (C=O) groups is 1. The van der Waals surface area contributed by atoms with Gasteiger partial charge in [-0.2, -0.15) is 11.3 Å². The zero-order valence-electron chi connectivity index (χ0n) is 11.3. The fraction of sp³-hybridized carbons (Fsp3) is 0.267. The maximum Gasteiger partial charge on any atom is 0.258 e. The molecule has 0 aliphatic rings. The highest BCUT2D eigenvalue weighted by Crippen LogP contribution is 2.14. The maximum atomic E-state index is 11.8. The Morgan fingerprint density at radius 3 is 3.00 bits per heavy atom. The summed E-state index contributed by atoms with van der Waals surface area (Å²) in [6.07, 6.45) is 0.827. The van der Waals surface area contributed by atoms with Crippen molar-refractivity contribution in [1.82, 2.24) is 5.32 Å². The van der Waals surface area contributed by atoms with Gasteiger partial charge in [-0.15, -0.1) is 0 Å². The van der Waals surface area contributed by atoms with Gasteiger partial charge < -0.3 is 15.8 Å². The molecule has 1 atom stereocenters. The number of nitrogens with one attached hydrogen (secondary N) is 1. The van der Waals surface area contributed by atoms with Gasteiger partial charge in [-0.05, 0) is 47.9 Å². The molecule has 3 N–H and O–H groups in total. The van der Waals surface area contributed by atoms with E-state index < -0.39 is 0 Å². The molecular formula is C15H18N2O2S. The van der Waals surface area contributed by atoms with Crippen molar-refractivity contribution in [2.75, 3.05) is 12.3 Å². The van der Waals surface area contributed by atoms with Gasteiger partial charge >= 0.3 is 0 Å². The van der Waals surface area contributed by atoms with Crippen LogP contribution in [0.3, 0.4) is 0 Å². The number of rotatable bonds is 6.